The molecule has 0 aromatic heterocycles. The van der Waals surface area contributed by atoms with Gasteiger partial charge < -0.3 is 0 Å². The summed E-state index contributed by atoms with van der Waals surface area (Å²) in [6.45, 7) is 12.8. The van der Waals surface area contributed by atoms with Crippen LogP contribution in [0.5, 0.6) is 0 Å². The summed E-state index contributed by atoms with van der Waals surface area (Å²) in [5.74, 6) is 0. The van der Waals surface area contributed by atoms with Crippen LogP contribution in [0.4, 0.5) is 0 Å². The Morgan fingerprint density at radius 1 is 0.923 bits per heavy atom. The van der Waals surface area contributed by atoms with Crippen LogP contribution < -0.4 is 0 Å². The van der Waals surface area contributed by atoms with Gasteiger partial charge in [-0.3, -0.25) is 4.90 Å². The van der Waals surface area contributed by atoms with E-state index in [4.69, 9.17) is 0 Å². The predicted molar refractivity (Wildman–Crippen MR) is 61.1 cm³/mol. The summed E-state index contributed by atoms with van der Waals surface area (Å²) in [6.07, 6.45) is 5.19. The monoisotopic (exact) mass is 185 g/mol. The SMILES string of the molecule is CCCCN(C(C)CC)C(C)CC. The van der Waals surface area contributed by atoms with E-state index in [0.717, 1.165) is 12.1 Å². The molecule has 0 bridgehead atoms. The Kier molecular flexibility index (Phi) is 7.35. The van der Waals surface area contributed by atoms with E-state index in [0.29, 0.717) is 0 Å². The van der Waals surface area contributed by atoms with Gasteiger partial charge in [-0.15, -0.1) is 0 Å². The van der Waals surface area contributed by atoms with Crippen molar-refractivity contribution in [2.45, 2.75) is 72.4 Å². The van der Waals surface area contributed by atoms with Gasteiger partial charge in [0.05, 0.1) is 0 Å². The number of hydrogen-bond acceptors (Lipinski definition) is 1. The molecule has 0 aliphatic rings. The summed E-state index contributed by atoms with van der Waals surface area (Å²) in [4.78, 5) is 2.66. The van der Waals surface area contributed by atoms with Gasteiger partial charge in [-0.2, -0.15) is 0 Å². The summed E-state index contributed by atoms with van der Waals surface area (Å²) < 4.78 is 0. The van der Waals surface area contributed by atoms with Crippen molar-refractivity contribution < 1.29 is 0 Å². The van der Waals surface area contributed by atoms with E-state index in [2.05, 4.69) is 39.5 Å². The molecular formula is C12H27N. The topological polar surface area (TPSA) is 3.24 Å². The molecule has 1 heteroatoms. The minimum absolute atomic E-state index is 0.751. The molecule has 2 atom stereocenters. The minimum Gasteiger partial charge on any atom is -0.298 e. The minimum atomic E-state index is 0.751. The Hall–Kier alpha value is -0.0400. The Labute approximate surface area is 84.5 Å². The second kappa shape index (κ2) is 7.37. The molecule has 0 aliphatic carbocycles. The average molecular weight is 185 g/mol. The lowest BCUT2D eigenvalue weighted by Crippen LogP contribution is -2.40. The van der Waals surface area contributed by atoms with E-state index in [-0.39, 0.29) is 0 Å². The summed E-state index contributed by atoms with van der Waals surface area (Å²) >= 11 is 0. The summed E-state index contributed by atoms with van der Waals surface area (Å²) in [7, 11) is 0. The molecule has 0 N–H and O–H groups in total. The van der Waals surface area contributed by atoms with E-state index in [1.165, 1.54) is 32.2 Å². The maximum absolute atomic E-state index is 2.66. The second-order valence-electron chi connectivity index (χ2n) is 4.11. The van der Waals surface area contributed by atoms with Gasteiger partial charge in [0.15, 0.2) is 0 Å². The van der Waals surface area contributed by atoms with Crippen molar-refractivity contribution >= 4 is 0 Å². The zero-order chi connectivity index (χ0) is 10.3. The van der Waals surface area contributed by atoms with Crippen molar-refractivity contribution in [2.24, 2.45) is 0 Å². The highest BCUT2D eigenvalue weighted by Crippen LogP contribution is 2.12. The molecule has 0 saturated heterocycles. The molecule has 80 valence electrons. The fourth-order valence-electron chi connectivity index (χ4n) is 1.68. The van der Waals surface area contributed by atoms with Crippen LogP contribution in [0.15, 0.2) is 0 Å². The highest BCUT2D eigenvalue weighted by Gasteiger charge is 2.16. The Morgan fingerprint density at radius 3 is 1.69 bits per heavy atom. The van der Waals surface area contributed by atoms with Crippen LogP contribution in [0.3, 0.4) is 0 Å². The molecule has 0 amide bonds. The molecule has 0 rings (SSSR count). The van der Waals surface area contributed by atoms with Crippen LogP contribution in [-0.4, -0.2) is 23.5 Å². The lowest BCUT2D eigenvalue weighted by atomic mass is 10.1. The Balaban J connectivity index is 4.01. The first kappa shape index (κ1) is 13.0. The molecular weight excluding hydrogens is 158 g/mol. The molecule has 1 nitrogen and oxygen atoms in total. The van der Waals surface area contributed by atoms with Crippen molar-refractivity contribution in [3.8, 4) is 0 Å². The molecule has 0 fully saturated rings. The van der Waals surface area contributed by atoms with Gasteiger partial charge in [0, 0.05) is 12.1 Å². The van der Waals surface area contributed by atoms with Crippen LogP contribution in [0.1, 0.15) is 60.3 Å². The van der Waals surface area contributed by atoms with Crippen LogP contribution in [0.25, 0.3) is 0 Å². The summed E-state index contributed by atoms with van der Waals surface area (Å²) in [5.41, 5.74) is 0. The van der Waals surface area contributed by atoms with E-state index in [1.807, 2.05) is 0 Å². The normalized spacial score (nSPS) is 16.2. The molecule has 0 aliphatic heterocycles. The zero-order valence-electron chi connectivity index (χ0n) is 10.1. The third-order valence-electron chi connectivity index (χ3n) is 3.08. The van der Waals surface area contributed by atoms with E-state index in [9.17, 15) is 0 Å². The number of hydrogen-bond donors (Lipinski definition) is 0. The summed E-state index contributed by atoms with van der Waals surface area (Å²) in [6, 6.07) is 1.50. The smallest absolute Gasteiger partial charge is 0.00671 e. The number of rotatable bonds is 7. The Morgan fingerprint density at radius 2 is 1.38 bits per heavy atom. The van der Waals surface area contributed by atoms with Gasteiger partial charge >= 0.3 is 0 Å². The molecule has 13 heavy (non-hydrogen) atoms. The van der Waals surface area contributed by atoms with E-state index >= 15 is 0 Å². The first-order valence-electron chi connectivity index (χ1n) is 5.93. The highest BCUT2D eigenvalue weighted by molar-refractivity contribution is 4.71. The molecule has 0 aromatic rings. The summed E-state index contributed by atoms with van der Waals surface area (Å²) in [5, 5.41) is 0. The quantitative estimate of drug-likeness (QED) is 0.585. The van der Waals surface area contributed by atoms with Crippen LogP contribution in [0, 0.1) is 0 Å². The fourth-order valence-corrected chi connectivity index (χ4v) is 1.68. The van der Waals surface area contributed by atoms with Gasteiger partial charge in [0.2, 0.25) is 0 Å². The van der Waals surface area contributed by atoms with Crippen LogP contribution in [0.2, 0.25) is 0 Å². The maximum Gasteiger partial charge on any atom is 0.00671 e. The van der Waals surface area contributed by atoms with Crippen molar-refractivity contribution in [2.75, 3.05) is 6.54 Å². The van der Waals surface area contributed by atoms with Crippen molar-refractivity contribution in [3.63, 3.8) is 0 Å². The van der Waals surface area contributed by atoms with Crippen molar-refractivity contribution in [1.29, 1.82) is 0 Å². The van der Waals surface area contributed by atoms with Crippen LogP contribution in [-0.2, 0) is 0 Å². The second-order valence-corrected chi connectivity index (χ2v) is 4.11. The molecule has 2 unspecified atom stereocenters. The molecule has 0 radical (unpaired) electrons. The molecule has 0 aromatic carbocycles. The van der Waals surface area contributed by atoms with Crippen molar-refractivity contribution in [3.05, 3.63) is 0 Å². The molecule has 0 spiro atoms. The third-order valence-corrected chi connectivity index (χ3v) is 3.08. The fraction of sp³-hybridized carbons (Fsp3) is 1.00. The maximum atomic E-state index is 2.66. The van der Waals surface area contributed by atoms with Gasteiger partial charge in [-0.25, -0.2) is 0 Å². The lowest BCUT2D eigenvalue weighted by Gasteiger charge is -2.33. The largest absolute Gasteiger partial charge is 0.298 e. The average Bonchev–Trinajstić information content (AvgIpc) is 2.17. The third kappa shape index (κ3) is 4.66. The molecule has 0 saturated carbocycles. The highest BCUT2D eigenvalue weighted by atomic mass is 15.2. The zero-order valence-corrected chi connectivity index (χ0v) is 10.1. The van der Waals surface area contributed by atoms with Gasteiger partial charge in [-0.05, 0) is 39.7 Å². The molecule has 0 heterocycles. The van der Waals surface area contributed by atoms with Crippen molar-refractivity contribution in [1.82, 2.24) is 4.90 Å². The number of unbranched alkanes of at least 4 members (excludes halogenated alkanes) is 1. The first-order chi connectivity index (χ1) is 6.17. The predicted octanol–water partition coefficient (Wildman–Crippen LogP) is 3.69. The number of nitrogens with zero attached hydrogens (tertiary/aromatic N) is 1. The van der Waals surface area contributed by atoms with Crippen LogP contribution >= 0.6 is 0 Å². The van der Waals surface area contributed by atoms with Gasteiger partial charge in [-0.1, -0.05) is 27.2 Å². The van der Waals surface area contributed by atoms with Gasteiger partial charge in [0.1, 0.15) is 0 Å². The standard InChI is InChI=1S/C12H27N/c1-6-9-10-13(11(4)7-2)12(5)8-3/h11-12H,6-10H2,1-5H3. The van der Waals surface area contributed by atoms with E-state index < -0.39 is 0 Å². The van der Waals surface area contributed by atoms with Gasteiger partial charge in [0.25, 0.3) is 0 Å². The Bertz CT molecular complexity index is 102. The first-order valence-corrected chi connectivity index (χ1v) is 5.93. The van der Waals surface area contributed by atoms with E-state index in [1.54, 1.807) is 0 Å². The lowest BCUT2D eigenvalue weighted by molar-refractivity contribution is 0.144.